The second kappa shape index (κ2) is 12.3. The Balaban J connectivity index is 1.22. The SMILES string of the molecule is COc1ccc(-c2coc3c4c(cc(O)c3c2=O)OC(=O)C[C@H]4c2ccc(OCCc3ccc4c(c3)CCO4)c(OC)c2)cc1OC. The van der Waals surface area contributed by atoms with Crippen LogP contribution < -0.4 is 33.8 Å². The molecule has 0 fully saturated rings. The van der Waals surface area contributed by atoms with Gasteiger partial charge in [-0.15, -0.1) is 0 Å². The van der Waals surface area contributed by atoms with E-state index in [9.17, 15) is 14.7 Å². The van der Waals surface area contributed by atoms with Crippen molar-refractivity contribution in [3.05, 3.63) is 99.4 Å². The number of phenolic OH excluding ortho intramolecular Hbond substituents is 1. The van der Waals surface area contributed by atoms with Crippen molar-refractivity contribution in [1.82, 2.24) is 0 Å². The molecule has 240 valence electrons. The zero-order valence-corrected chi connectivity index (χ0v) is 26.1. The third kappa shape index (κ3) is 5.45. The number of hydrogen-bond acceptors (Lipinski definition) is 10. The van der Waals surface area contributed by atoms with Crippen LogP contribution in [0.5, 0.6) is 40.2 Å². The van der Waals surface area contributed by atoms with Gasteiger partial charge in [0.2, 0.25) is 5.43 Å². The molecular weight excluding hydrogens is 604 g/mol. The number of carbonyl (C=O) groups excluding carboxylic acids is 1. The van der Waals surface area contributed by atoms with E-state index >= 15 is 0 Å². The minimum atomic E-state index is -0.555. The maximum atomic E-state index is 13.9. The van der Waals surface area contributed by atoms with E-state index in [1.807, 2.05) is 24.3 Å². The average molecular weight is 637 g/mol. The van der Waals surface area contributed by atoms with E-state index in [-0.39, 0.29) is 34.5 Å². The fourth-order valence-corrected chi connectivity index (χ4v) is 6.31. The molecule has 1 aromatic heterocycles. The van der Waals surface area contributed by atoms with Crippen LogP contribution in [0, 0.1) is 0 Å². The van der Waals surface area contributed by atoms with Crippen molar-refractivity contribution in [1.29, 1.82) is 0 Å². The van der Waals surface area contributed by atoms with Crippen LogP contribution in [-0.2, 0) is 17.6 Å². The standard InChI is InChI=1S/C37H32O10/c1-41-28-8-5-22(16-30(28)42-2)25-19-46-37-34-24(17-33(39)47-32(34)18-26(38)35(37)36(25)40)21-6-9-29(31(15-21)43-3)45-12-10-20-4-7-27-23(14-20)11-13-44-27/h4-9,14-16,18-19,24,38H,10-13,17H2,1-3H3/t24-/m0/s1. The Morgan fingerprint density at radius 3 is 2.45 bits per heavy atom. The quantitative estimate of drug-likeness (QED) is 0.148. The fraction of sp³-hybridized carbons (Fsp3) is 0.243. The first-order chi connectivity index (χ1) is 22.9. The van der Waals surface area contributed by atoms with E-state index in [1.54, 1.807) is 31.4 Å². The predicted molar refractivity (Wildman–Crippen MR) is 173 cm³/mol. The molecule has 2 aliphatic heterocycles. The highest BCUT2D eigenvalue weighted by atomic mass is 16.5. The fourth-order valence-electron chi connectivity index (χ4n) is 6.31. The molecule has 10 heteroatoms. The van der Waals surface area contributed by atoms with Crippen molar-refractivity contribution in [3.63, 3.8) is 0 Å². The Kier molecular flexibility index (Phi) is 7.85. The van der Waals surface area contributed by atoms with Crippen molar-refractivity contribution >= 4 is 16.9 Å². The van der Waals surface area contributed by atoms with E-state index in [0.29, 0.717) is 53.8 Å². The lowest BCUT2D eigenvalue weighted by Gasteiger charge is -2.26. The van der Waals surface area contributed by atoms with Gasteiger partial charge in [-0.1, -0.05) is 24.3 Å². The van der Waals surface area contributed by atoms with Crippen LogP contribution in [0.15, 0.2) is 76.1 Å². The molecule has 5 aromatic rings. The maximum Gasteiger partial charge on any atom is 0.312 e. The zero-order valence-electron chi connectivity index (χ0n) is 26.1. The van der Waals surface area contributed by atoms with Gasteiger partial charge in [-0.05, 0) is 52.6 Å². The van der Waals surface area contributed by atoms with Gasteiger partial charge >= 0.3 is 5.97 Å². The number of aromatic hydroxyl groups is 1. The summed E-state index contributed by atoms with van der Waals surface area (Å²) >= 11 is 0. The van der Waals surface area contributed by atoms with Crippen LogP contribution in [0.3, 0.4) is 0 Å². The molecule has 0 amide bonds. The van der Waals surface area contributed by atoms with Crippen molar-refractivity contribution in [2.45, 2.75) is 25.2 Å². The van der Waals surface area contributed by atoms with Gasteiger partial charge in [0.1, 0.15) is 34.5 Å². The number of ether oxygens (including phenoxy) is 6. The number of benzene rings is 4. The maximum absolute atomic E-state index is 13.9. The summed E-state index contributed by atoms with van der Waals surface area (Å²) < 4.78 is 39.7. The molecule has 0 aliphatic carbocycles. The van der Waals surface area contributed by atoms with Gasteiger partial charge in [-0.25, -0.2) is 0 Å². The molecule has 0 saturated heterocycles. The van der Waals surface area contributed by atoms with Crippen LogP contribution in [0.2, 0.25) is 0 Å². The highest BCUT2D eigenvalue weighted by Gasteiger charge is 2.34. The number of rotatable bonds is 9. The Bertz CT molecular complexity index is 2080. The van der Waals surface area contributed by atoms with E-state index in [4.69, 9.17) is 32.8 Å². The van der Waals surface area contributed by atoms with Gasteiger partial charge < -0.3 is 37.9 Å². The summed E-state index contributed by atoms with van der Waals surface area (Å²) in [6, 6.07) is 18.0. The third-order valence-electron chi connectivity index (χ3n) is 8.66. The predicted octanol–water partition coefficient (Wildman–Crippen LogP) is 6.19. The lowest BCUT2D eigenvalue weighted by Crippen LogP contribution is -2.22. The topological polar surface area (TPSA) is 123 Å². The third-order valence-corrected chi connectivity index (χ3v) is 8.66. The molecular formula is C37H32O10. The van der Waals surface area contributed by atoms with Crippen molar-refractivity contribution in [2.24, 2.45) is 0 Å². The molecule has 1 N–H and O–H groups in total. The molecule has 47 heavy (non-hydrogen) atoms. The van der Waals surface area contributed by atoms with Crippen LogP contribution in [0.1, 0.15) is 34.6 Å². The lowest BCUT2D eigenvalue weighted by atomic mass is 9.84. The molecule has 3 heterocycles. The summed E-state index contributed by atoms with van der Waals surface area (Å²) in [7, 11) is 4.58. The normalized spacial score (nSPS) is 15.0. The summed E-state index contributed by atoms with van der Waals surface area (Å²) in [6.07, 6.45) is 2.94. The van der Waals surface area contributed by atoms with Gasteiger partial charge in [0.15, 0.2) is 23.0 Å². The zero-order chi connectivity index (χ0) is 32.7. The van der Waals surface area contributed by atoms with Crippen LogP contribution >= 0.6 is 0 Å². The highest BCUT2D eigenvalue weighted by Crippen LogP contribution is 2.47. The van der Waals surface area contributed by atoms with Gasteiger partial charge in [-0.3, -0.25) is 9.59 Å². The molecule has 0 saturated carbocycles. The first kappa shape index (κ1) is 30.0. The van der Waals surface area contributed by atoms with Gasteiger partial charge in [-0.2, -0.15) is 0 Å². The smallest absolute Gasteiger partial charge is 0.312 e. The monoisotopic (exact) mass is 636 g/mol. The van der Waals surface area contributed by atoms with Crippen LogP contribution in [-0.4, -0.2) is 45.6 Å². The lowest BCUT2D eigenvalue weighted by molar-refractivity contribution is -0.135. The number of fused-ring (bicyclic) bond motifs is 4. The van der Waals surface area contributed by atoms with Crippen molar-refractivity contribution in [3.8, 4) is 51.4 Å². The average Bonchev–Trinajstić information content (AvgIpc) is 3.55. The molecule has 7 rings (SSSR count). The van der Waals surface area contributed by atoms with E-state index in [1.165, 1.54) is 32.1 Å². The van der Waals surface area contributed by atoms with Crippen molar-refractivity contribution in [2.75, 3.05) is 34.5 Å². The Hall–Kier alpha value is -5.64. The number of esters is 1. The van der Waals surface area contributed by atoms with Gasteiger partial charge in [0, 0.05) is 30.4 Å². The first-order valence-electron chi connectivity index (χ1n) is 15.2. The Morgan fingerprint density at radius 2 is 1.64 bits per heavy atom. The van der Waals surface area contributed by atoms with E-state index < -0.39 is 17.3 Å². The van der Waals surface area contributed by atoms with Crippen LogP contribution in [0.4, 0.5) is 0 Å². The molecule has 10 nitrogen and oxygen atoms in total. The summed E-state index contributed by atoms with van der Waals surface area (Å²) in [5.41, 5.74) is 3.99. The molecule has 0 spiro atoms. The van der Waals surface area contributed by atoms with E-state index in [2.05, 4.69) is 6.07 Å². The second-order valence-electron chi connectivity index (χ2n) is 11.3. The number of phenols is 1. The minimum absolute atomic E-state index is 0.0145. The Labute approximate surface area is 270 Å². The second-order valence-corrected chi connectivity index (χ2v) is 11.3. The largest absolute Gasteiger partial charge is 0.507 e. The summed E-state index contributed by atoms with van der Waals surface area (Å²) in [4.78, 5) is 26.6. The minimum Gasteiger partial charge on any atom is -0.507 e. The molecule has 0 bridgehead atoms. The van der Waals surface area contributed by atoms with E-state index in [0.717, 1.165) is 23.3 Å². The van der Waals surface area contributed by atoms with Crippen LogP contribution in [0.25, 0.3) is 22.1 Å². The summed E-state index contributed by atoms with van der Waals surface area (Å²) in [5, 5.41) is 11.0. The number of carbonyl (C=O) groups is 1. The van der Waals surface area contributed by atoms with Crippen molar-refractivity contribution < 1.29 is 42.7 Å². The highest BCUT2D eigenvalue weighted by molar-refractivity contribution is 5.94. The van der Waals surface area contributed by atoms with Gasteiger partial charge in [0.05, 0.1) is 46.5 Å². The molecule has 2 aliphatic rings. The number of hydrogen-bond donors (Lipinski definition) is 1. The molecule has 4 aromatic carbocycles. The first-order valence-corrected chi connectivity index (χ1v) is 15.2. The molecule has 0 unspecified atom stereocenters. The molecule has 1 atom stereocenters. The Morgan fingerprint density at radius 1 is 0.851 bits per heavy atom. The number of methoxy groups -OCH3 is 3. The summed E-state index contributed by atoms with van der Waals surface area (Å²) in [5.74, 6) is 1.66. The molecule has 0 radical (unpaired) electrons. The van der Waals surface area contributed by atoms with Gasteiger partial charge in [0.25, 0.3) is 0 Å². The summed E-state index contributed by atoms with van der Waals surface area (Å²) in [6.45, 7) is 1.15.